The summed E-state index contributed by atoms with van der Waals surface area (Å²) in [6.45, 7) is 3.67. The van der Waals surface area contributed by atoms with Crippen molar-refractivity contribution in [1.82, 2.24) is 5.32 Å². The van der Waals surface area contributed by atoms with Crippen molar-refractivity contribution in [2.75, 3.05) is 7.11 Å². The van der Waals surface area contributed by atoms with Crippen molar-refractivity contribution >= 4 is 22.9 Å². The number of hydrogen-bond acceptors (Lipinski definition) is 3. The quantitative estimate of drug-likeness (QED) is 0.853. The summed E-state index contributed by atoms with van der Waals surface area (Å²) >= 11 is 7.57. The molecule has 4 heteroatoms. The average Bonchev–Trinajstić information content (AvgIpc) is 2.85. The third-order valence-corrected chi connectivity index (χ3v) is 4.38. The number of benzene rings is 1. The molecule has 2 aromatic rings. The van der Waals surface area contributed by atoms with Crippen LogP contribution in [0.3, 0.4) is 0 Å². The van der Waals surface area contributed by atoms with Crippen molar-refractivity contribution in [2.24, 2.45) is 0 Å². The van der Waals surface area contributed by atoms with Gasteiger partial charge in [-0.05, 0) is 30.2 Å². The van der Waals surface area contributed by atoms with Crippen molar-refractivity contribution in [2.45, 2.75) is 26.1 Å². The summed E-state index contributed by atoms with van der Waals surface area (Å²) in [5.74, 6) is 0. The first-order valence-corrected chi connectivity index (χ1v) is 7.44. The van der Waals surface area contributed by atoms with E-state index in [1.54, 1.807) is 18.4 Å². The molecule has 2 rings (SSSR count). The molecule has 0 saturated carbocycles. The van der Waals surface area contributed by atoms with Gasteiger partial charge < -0.3 is 10.1 Å². The lowest BCUT2D eigenvalue weighted by Gasteiger charge is -2.12. The van der Waals surface area contributed by atoms with Crippen molar-refractivity contribution in [3.63, 3.8) is 0 Å². The second-order valence-corrected chi connectivity index (χ2v) is 6.24. The maximum Gasteiger partial charge on any atom is 0.0931 e. The predicted octanol–water partition coefficient (Wildman–Crippen LogP) is 4.40. The van der Waals surface area contributed by atoms with E-state index in [4.69, 9.17) is 16.3 Å². The highest BCUT2D eigenvalue weighted by Crippen LogP contribution is 2.26. The molecule has 0 amide bonds. The van der Waals surface area contributed by atoms with Gasteiger partial charge in [0, 0.05) is 24.6 Å². The first kappa shape index (κ1) is 14.5. The van der Waals surface area contributed by atoms with Gasteiger partial charge in [0.1, 0.15) is 0 Å². The highest BCUT2D eigenvalue weighted by Gasteiger charge is 2.07. The van der Waals surface area contributed by atoms with Crippen LogP contribution in [0.4, 0.5) is 0 Å². The van der Waals surface area contributed by atoms with E-state index in [2.05, 4.69) is 42.6 Å². The van der Waals surface area contributed by atoms with Crippen LogP contribution < -0.4 is 5.32 Å². The van der Waals surface area contributed by atoms with E-state index in [1.165, 1.54) is 16.0 Å². The molecular formula is C15H18ClNOS. The summed E-state index contributed by atoms with van der Waals surface area (Å²) in [7, 11) is 1.71. The number of thiophene rings is 1. The van der Waals surface area contributed by atoms with Gasteiger partial charge in [-0.25, -0.2) is 0 Å². The van der Waals surface area contributed by atoms with E-state index in [1.807, 2.05) is 6.07 Å². The maximum atomic E-state index is 5.95. The van der Waals surface area contributed by atoms with E-state index in [9.17, 15) is 0 Å². The molecule has 1 atom stereocenters. The Morgan fingerprint density at radius 2 is 1.84 bits per heavy atom. The molecule has 1 aromatic carbocycles. The lowest BCUT2D eigenvalue weighted by molar-refractivity contribution is 0.185. The summed E-state index contributed by atoms with van der Waals surface area (Å²) in [6.07, 6.45) is 0. The number of halogens is 1. The van der Waals surface area contributed by atoms with Gasteiger partial charge in [-0.3, -0.25) is 0 Å². The van der Waals surface area contributed by atoms with Crippen LogP contribution in [0, 0.1) is 0 Å². The number of ether oxygens (including phenoxy) is 1. The number of nitrogens with one attached hydrogen (secondary N) is 1. The Labute approximate surface area is 123 Å². The van der Waals surface area contributed by atoms with E-state index in [0.29, 0.717) is 12.6 Å². The van der Waals surface area contributed by atoms with Crippen molar-refractivity contribution in [3.8, 4) is 0 Å². The lowest BCUT2D eigenvalue weighted by Crippen LogP contribution is -2.17. The second kappa shape index (κ2) is 7.06. The maximum absolute atomic E-state index is 5.95. The molecule has 2 nitrogen and oxygen atoms in total. The Kier molecular flexibility index (Phi) is 5.40. The van der Waals surface area contributed by atoms with Crippen LogP contribution in [0.25, 0.3) is 0 Å². The first-order valence-electron chi connectivity index (χ1n) is 6.24. The fourth-order valence-corrected chi connectivity index (χ4v) is 2.94. The Morgan fingerprint density at radius 1 is 1.16 bits per heavy atom. The SMILES string of the molecule is COCc1ccc(CNC(C)c2ccc(Cl)s2)cc1. The van der Waals surface area contributed by atoms with E-state index in [-0.39, 0.29) is 0 Å². The van der Waals surface area contributed by atoms with E-state index in [0.717, 1.165) is 10.9 Å². The Hall–Kier alpha value is -0.870. The van der Waals surface area contributed by atoms with Gasteiger partial charge in [-0.1, -0.05) is 35.9 Å². The van der Waals surface area contributed by atoms with Crippen LogP contribution in [0.1, 0.15) is 29.0 Å². The number of methoxy groups -OCH3 is 1. The second-order valence-electron chi connectivity index (χ2n) is 4.49. The topological polar surface area (TPSA) is 21.3 Å². The standard InChI is InChI=1S/C15H18ClNOS/c1-11(14-7-8-15(16)19-14)17-9-12-3-5-13(6-4-12)10-18-2/h3-8,11,17H,9-10H2,1-2H3. The van der Waals surface area contributed by atoms with Crippen LogP contribution in [0.5, 0.6) is 0 Å². The zero-order valence-corrected chi connectivity index (χ0v) is 12.7. The normalized spacial score (nSPS) is 12.6. The predicted molar refractivity (Wildman–Crippen MR) is 81.7 cm³/mol. The molecular weight excluding hydrogens is 278 g/mol. The Balaban J connectivity index is 1.87. The molecule has 0 spiro atoms. The summed E-state index contributed by atoms with van der Waals surface area (Å²) in [4.78, 5) is 1.26. The molecule has 1 aromatic heterocycles. The average molecular weight is 296 g/mol. The third kappa shape index (κ3) is 4.32. The minimum atomic E-state index is 0.316. The highest BCUT2D eigenvalue weighted by atomic mass is 35.5. The molecule has 0 aliphatic carbocycles. The zero-order chi connectivity index (χ0) is 13.7. The van der Waals surface area contributed by atoms with Crippen molar-refractivity contribution in [3.05, 3.63) is 56.7 Å². The fourth-order valence-electron chi connectivity index (χ4n) is 1.85. The van der Waals surface area contributed by atoms with Crippen LogP contribution in [0.2, 0.25) is 4.34 Å². The number of hydrogen-bond donors (Lipinski definition) is 1. The first-order chi connectivity index (χ1) is 9.19. The molecule has 102 valence electrons. The Bertz CT molecular complexity index is 509. The van der Waals surface area contributed by atoms with Crippen LogP contribution in [-0.2, 0) is 17.9 Å². The smallest absolute Gasteiger partial charge is 0.0931 e. The van der Waals surface area contributed by atoms with Crippen LogP contribution >= 0.6 is 22.9 Å². The van der Waals surface area contributed by atoms with Gasteiger partial charge in [-0.15, -0.1) is 11.3 Å². The summed E-state index contributed by atoms with van der Waals surface area (Å²) in [6, 6.07) is 12.8. The molecule has 0 aliphatic rings. The Morgan fingerprint density at radius 3 is 2.42 bits per heavy atom. The molecule has 19 heavy (non-hydrogen) atoms. The molecule has 1 heterocycles. The summed E-state index contributed by atoms with van der Waals surface area (Å²) < 4.78 is 5.94. The van der Waals surface area contributed by atoms with Crippen LogP contribution in [-0.4, -0.2) is 7.11 Å². The monoisotopic (exact) mass is 295 g/mol. The van der Waals surface area contributed by atoms with Crippen molar-refractivity contribution in [1.29, 1.82) is 0 Å². The van der Waals surface area contributed by atoms with Gasteiger partial charge >= 0.3 is 0 Å². The molecule has 0 bridgehead atoms. The minimum absolute atomic E-state index is 0.316. The third-order valence-electron chi connectivity index (χ3n) is 2.97. The molecule has 0 saturated heterocycles. The lowest BCUT2D eigenvalue weighted by atomic mass is 10.1. The van der Waals surface area contributed by atoms with Crippen LogP contribution in [0.15, 0.2) is 36.4 Å². The fraction of sp³-hybridized carbons (Fsp3) is 0.333. The minimum Gasteiger partial charge on any atom is -0.380 e. The van der Waals surface area contributed by atoms with Gasteiger partial charge in [-0.2, -0.15) is 0 Å². The molecule has 0 radical (unpaired) electrons. The zero-order valence-electron chi connectivity index (χ0n) is 11.2. The molecule has 1 unspecified atom stereocenters. The van der Waals surface area contributed by atoms with Gasteiger partial charge in [0.2, 0.25) is 0 Å². The summed E-state index contributed by atoms with van der Waals surface area (Å²) in [5.41, 5.74) is 2.47. The highest BCUT2D eigenvalue weighted by molar-refractivity contribution is 7.16. The number of rotatable bonds is 6. The summed E-state index contributed by atoms with van der Waals surface area (Å²) in [5, 5.41) is 3.50. The van der Waals surface area contributed by atoms with Gasteiger partial charge in [0.05, 0.1) is 10.9 Å². The van der Waals surface area contributed by atoms with Gasteiger partial charge in [0.15, 0.2) is 0 Å². The van der Waals surface area contributed by atoms with E-state index >= 15 is 0 Å². The molecule has 1 N–H and O–H groups in total. The molecule has 0 fully saturated rings. The largest absolute Gasteiger partial charge is 0.380 e. The van der Waals surface area contributed by atoms with E-state index < -0.39 is 0 Å². The van der Waals surface area contributed by atoms with Crippen molar-refractivity contribution < 1.29 is 4.74 Å². The molecule has 0 aliphatic heterocycles. The van der Waals surface area contributed by atoms with Gasteiger partial charge in [0.25, 0.3) is 0 Å².